The minimum atomic E-state index is 0.351. The SMILES string of the molecule is C=CCCC(CSc1ccc(C)cc1)NN. The molecule has 0 saturated carbocycles. The van der Waals surface area contributed by atoms with E-state index in [9.17, 15) is 0 Å². The van der Waals surface area contributed by atoms with E-state index in [1.54, 1.807) is 0 Å². The Bertz CT molecular complexity index is 308. The summed E-state index contributed by atoms with van der Waals surface area (Å²) in [4.78, 5) is 1.30. The fourth-order valence-electron chi connectivity index (χ4n) is 1.37. The van der Waals surface area contributed by atoms with Crippen LogP contribution in [0, 0.1) is 6.92 Å². The van der Waals surface area contributed by atoms with Crippen molar-refractivity contribution in [3.05, 3.63) is 42.5 Å². The number of nitrogens with one attached hydrogen (secondary N) is 1. The molecule has 0 saturated heterocycles. The maximum atomic E-state index is 5.50. The zero-order valence-corrected chi connectivity index (χ0v) is 10.6. The van der Waals surface area contributed by atoms with Gasteiger partial charge in [-0.1, -0.05) is 23.8 Å². The Morgan fingerprint density at radius 2 is 2.12 bits per heavy atom. The average Bonchev–Trinajstić information content (AvgIpc) is 2.32. The quantitative estimate of drug-likeness (QED) is 0.331. The van der Waals surface area contributed by atoms with Crippen LogP contribution in [0.5, 0.6) is 0 Å². The molecule has 0 aliphatic rings. The largest absolute Gasteiger partial charge is 0.271 e. The number of thioether (sulfide) groups is 1. The van der Waals surface area contributed by atoms with Gasteiger partial charge < -0.3 is 0 Å². The lowest BCUT2D eigenvalue weighted by atomic mass is 10.2. The van der Waals surface area contributed by atoms with Crippen molar-refractivity contribution in [2.75, 3.05) is 5.75 Å². The molecule has 1 aromatic carbocycles. The molecule has 0 spiro atoms. The average molecular weight is 236 g/mol. The van der Waals surface area contributed by atoms with Crippen molar-refractivity contribution in [2.45, 2.75) is 30.7 Å². The normalized spacial score (nSPS) is 12.4. The second-order valence-electron chi connectivity index (χ2n) is 3.85. The standard InChI is InChI=1S/C13H20N2S/c1-3-4-5-12(15-14)10-16-13-8-6-11(2)7-9-13/h3,6-9,12,15H,1,4-5,10,14H2,2H3. The van der Waals surface area contributed by atoms with Gasteiger partial charge in [-0.2, -0.15) is 0 Å². The molecule has 1 rings (SSSR count). The van der Waals surface area contributed by atoms with Crippen molar-refractivity contribution in [3.63, 3.8) is 0 Å². The number of hydrogen-bond acceptors (Lipinski definition) is 3. The first-order chi connectivity index (χ1) is 7.76. The molecule has 1 aromatic rings. The lowest BCUT2D eigenvalue weighted by Crippen LogP contribution is -2.36. The van der Waals surface area contributed by atoms with Crippen molar-refractivity contribution in [1.82, 2.24) is 5.43 Å². The van der Waals surface area contributed by atoms with Gasteiger partial charge in [0.2, 0.25) is 0 Å². The van der Waals surface area contributed by atoms with Gasteiger partial charge in [-0.3, -0.25) is 11.3 Å². The Labute approximate surface area is 102 Å². The molecule has 0 aromatic heterocycles. The van der Waals surface area contributed by atoms with Crippen LogP contribution in [-0.4, -0.2) is 11.8 Å². The number of aryl methyl sites for hydroxylation is 1. The summed E-state index contributed by atoms with van der Waals surface area (Å²) in [6, 6.07) is 8.93. The summed E-state index contributed by atoms with van der Waals surface area (Å²) < 4.78 is 0. The first-order valence-electron chi connectivity index (χ1n) is 5.52. The zero-order valence-electron chi connectivity index (χ0n) is 9.78. The molecule has 0 radical (unpaired) electrons. The molecule has 0 aliphatic heterocycles. The van der Waals surface area contributed by atoms with Crippen molar-refractivity contribution in [2.24, 2.45) is 5.84 Å². The summed E-state index contributed by atoms with van der Waals surface area (Å²) in [6.45, 7) is 5.82. The van der Waals surface area contributed by atoms with Gasteiger partial charge in [-0.25, -0.2) is 0 Å². The molecular formula is C13H20N2S. The van der Waals surface area contributed by atoms with Crippen molar-refractivity contribution < 1.29 is 0 Å². The van der Waals surface area contributed by atoms with E-state index in [4.69, 9.17) is 5.84 Å². The Kier molecular flexibility index (Phi) is 6.23. The minimum Gasteiger partial charge on any atom is -0.271 e. The summed E-state index contributed by atoms with van der Waals surface area (Å²) in [5.41, 5.74) is 4.15. The number of rotatable bonds is 7. The predicted molar refractivity (Wildman–Crippen MR) is 72.4 cm³/mol. The van der Waals surface area contributed by atoms with Crippen LogP contribution in [0.4, 0.5) is 0 Å². The minimum absolute atomic E-state index is 0.351. The molecule has 0 heterocycles. The number of allylic oxidation sites excluding steroid dienone is 1. The van der Waals surface area contributed by atoms with Gasteiger partial charge in [0.15, 0.2) is 0 Å². The van der Waals surface area contributed by atoms with Gasteiger partial charge in [-0.15, -0.1) is 18.3 Å². The van der Waals surface area contributed by atoms with Gasteiger partial charge in [0.1, 0.15) is 0 Å². The smallest absolute Gasteiger partial charge is 0.0307 e. The lowest BCUT2D eigenvalue weighted by Gasteiger charge is -2.14. The maximum Gasteiger partial charge on any atom is 0.0307 e. The van der Waals surface area contributed by atoms with Crippen molar-refractivity contribution in [3.8, 4) is 0 Å². The molecule has 88 valence electrons. The van der Waals surface area contributed by atoms with Crippen molar-refractivity contribution in [1.29, 1.82) is 0 Å². The van der Waals surface area contributed by atoms with Crippen molar-refractivity contribution >= 4 is 11.8 Å². The Hall–Kier alpha value is -0.770. The van der Waals surface area contributed by atoms with Crippen LogP contribution < -0.4 is 11.3 Å². The zero-order chi connectivity index (χ0) is 11.8. The Balaban J connectivity index is 2.36. The third-order valence-corrected chi connectivity index (χ3v) is 3.60. The van der Waals surface area contributed by atoms with E-state index in [1.165, 1.54) is 10.5 Å². The number of nitrogens with two attached hydrogens (primary N) is 1. The molecule has 1 atom stereocenters. The van der Waals surface area contributed by atoms with Crippen LogP contribution in [0.15, 0.2) is 41.8 Å². The lowest BCUT2D eigenvalue weighted by molar-refractivity contribution is 0.544. The van der Waals surface area contributed by atoms with Crippen LogP contribution in [0.3, 0.4) is 0 Å². The highest BCUT2D eigenvalue weighted by molar-refractivity contribution is 7.99. The summed E-state index contributed by atoms with van der Waals surface area (Å²) in [5, 5.41) is 0. The van der Waals surface area contributed by atoms with Gasteiger partial charge in [-0.05, 0) is 31.9 Å². The summed E-state index contributed by atoms with van der Waals surface area (Å²) in [7, 11) is 0. The Morgan fingerprint density at radius 1 is 1.44 bits per heavy atom. The van der Waals surface area contributed by atoms with E-state index < -0.39 is 0 Å². The molecule has 0 bridgehead atoms. The Morgan fingerprint density at radius 3 is 2.69 bits per heavy atom. The second kappa shape index (κ2) is 7.49. The van der Waals surface area contributed by atoms with Crippen LogP contribution in [0.1, 0.15) is 18.4 Å². The third-order valence-electron chi connectivity index (χ3n) is 2.43. The van der Waals surface area contributed by atoms with Gasteiger partial charge in [0, 0.05) is 16.7 Å². The molecule has 0 fully saturated rings. The predicted octanol–water partition coefficient (Wildman–Crippen LogP) is 2.89. The molecule has 0 aliphatic carbocycles. The highest BCUT2D eigenvalue weighted by atomic mass is 32.2. The number of hydrogen-bond donors (Lipinski definition) is 2. The second-order valence-corrected chi connectivity index (χ2v) is 4.95. The molecule has 2 nitrogen and oxygen atoms in total. The van der Waals surface area contributed by atoms with E-state index >= 15 is 0 Å². The van der Waals surface area contributed by atoms with Gasteiger partial charge in [0.25, 0.3) is 0 Å². The maximum absolute atomic E-state index is 5.50. The molecule has 16 heavy (non-hydrogen) atoms. The summed E-state index contributed by atoms with van der Waals surface area (Å²) in [5.74, 6) is 6.50. The van der Waals surface area contributed by atoms with Crippen LogP contribution in [0.2, 0.25) is 0 Å². The number of hydrazine groups is 1. The third kappa shape index (κ3) is 4.84. The van der Waals surface area contributed by atoms with E-state index in [-0.39, 0.29) is 0 Å². The molecule has 3 N–H and O–H groups in total. The first-order valence-corrected chi connectivity index (χ1v) is 6.51. The van der Waals surface area contributed by atoms with Gasteiger partial charge in [0.05, 0.1) is 0 Å². The fraction of sp³-hybridized carbons (Fsp3) is 0.385. The van der Waals surface area contributed by atoms with Crippen LogP contribution in [-0.2, 0) is 0 Å². The van der Waals surface area contributed by atoms with E-state index in [0.29, 0.717) is 6.04 Å². The highest BCUT2D eigenvalue weighted by Crippen LogP contribution is 2.20. The van der Waals surface area contributed by atoms with Gasteiger partial charge >= 0.3 is 0 Å². The molecular weight excluding hydrogens is 216 g/mol. The summed E-state index contributed by atoms with van der Waals surface area (Å²) in [6.07, 6.45) is 3.98. The van der Waals surface area contributed by atoms with Crippen LogP contribution >= 0.6 is 11.8 Å². The van der Waals surface area contributed by atoms with E-state index in [1.807, 2.05) is 17.8 Å². The topological polar surface area (TPSA) is 38.0 Å². The fourth-order valence-corrected chi connectivity index (χ4v) is 2.35. The van der Waals surface area contributed by atoms with E-state index in [2.05, 4.69) is 43.2 Å². The molecule has 3 heteroatoms. The summed E-state index contributed by atoms with van der Waals surface area (Å²) >= 11 is 1.84. The van der Waals surface area contributed by atoms with Crippen LogP contribution in [0.25, 0.3) is 0 Å². The molecule has 0 amide bonds. The monoisotopic (exact) mass is 236 g/mol. The number of benzene rings is 1. The first kappa shape index (κ1) is 13.3. The molecule has 1 unspecified atom stereocenters. The highest BCUT2D eigenvalue weighted by Gasteiger charge is 2.05. The van der Waals surface area contributed by atoms with E-state index in [0.717, 1.165) is 18.6 Å².